The molecule has 0 saturated carbocycles. The Morgan fingerprint density at radius 2 is 2.16 bits per heavy atom. The number of carbonyl (C=O) groups excluding carboxylic acids is 1. The minimum atomic E-state index is -4.68. The smallest absolute Gasteiger partial charge is 0.445 e. The molecule has 1 unspecified atom stereocenters. The second-order valence-electron chi connectivity index (χ2n) is 5.96. The fourth-order valence-electron chi connectivity index (χ4n) is 2.92. The van der Waals surface area contributed by atoms with Crippen molar-refractivity contribution >= 4 is 5.91 Å². The molecule has 8 nitrogen and oxygen atoms in total. The van der Waals surface area contributed by atoms with Gasteiger partial charge in [-0.25, -0.2) is 4.98 Å². The lowest BCUT2D eigenvalue weighted by atomic mass is 10.1. The van der Waals surface area contributed by atoms with Crippen molar-refractivity contribution in [3.63, 3.8) is 0 Å². The number of hydrogen-bond donors (Lipinski definition) is 1. The first kappa shape index (κ1) is 16.1. The van der Waals surface area contributed by atoms with E-state index >= 15 is 0 Å². The minimum Gasteiger partial charge on any atom is -0.445 e. The number of nitrogens with zero attached hydrogens (tertiary/aromatic N) is 4. The zero-order valence-corrected chi connectivity index (χ0v) is 13.0. The third kappa shape index (κ3) is 2.99. The highest BCUT2D eigenvalue weighted by Gasteiger charge is 2.37. The Hall–Kier alpha value is -2.43. The molecule has 134 valence electrons. The third-order valence-corrected chi connectivity index (χ3v) is 4.26. The van der Waals surface area contributed by atoms with Crippen LogP contribution in [0.1, 0.15) is 46.1 Å². The van der Waals surface area contributed by atoms with Gasteiger partial charge in [0.25, 0.3) is 5.91 Å². The van der Waals surface area contributed by atoms with Crippen LogP contribution in [0, 0.1) is 0 Å². The van der Waals surface area contributed by atoms with Crippen LogP contribution in [0.25, 0.3) is 0 Å². The lowest BCUT2D eigenvalue weighted by Crippen LogP contribution is -2.36. The number of amides is 1. The van der Waals surface area contributed by atoms with Gasteiger partial charge in [0, 0.05) is 19.6 Å². The fraction of sp³-hybridized carbons (Fsp3) is 0.571. The van der Waals surface area contributed by atoms with Gasteiger partial charge in [-0.05, 0) is 6.42 Å². The molecule has 0 spiro atoms. The summed E-state index contributed by atoms with van der Waals surface area (Å²) in [6.07, 6.45) is -3.40. The lowest BCUT2D eigenvalue weighted by Gasteiger charge is -2.23. The summed E-state index contributed by atoms with van der Waals surface area (Å²) in [6.45, 7) is 1.67. The normalized spacial score (nSPS) is 20.8. The first-order valence-electron chi connectivity index (χ1n) is 7.77. The molecule has 1 amide bonds. The summed E-state index contributed by atoms with van der Waals surface area (Å²) in [5, 5.41) is 5.12. The number of fused-ring (bicyclic) bond motifs is 1. The molecule has 1 atom stereocenters. The Kier molecular flexibility index (Phi) is 3.74. The predicted molar refractivity (Wildman–Crippen MR) is 74.5 cm³/mol. The van der Waals surface area contributed by atoms with Crippen molar-refractivity contribution in [2.45, 2.75) is 31.5 Å². The van der Waals surface area contributed by atoms with Crippen LogP contribution in [0.3, 0.4) is 0 Å². The van der Waals surface area contributed by atoms with E-state index in [9.17, 15) is 18.0 Å². The summed E-state index contributed by atoms with van der Waals surface area (Å²) in [4.78, 5) is 21.4. The van der Waals surface area contributed by atoms with Crippen LogP contribution in [0.5, 0.6) is 0 Å². The summed E-state index contributed by atoms with van der Waals surface area (Å²) in [7, 11) is 0. The summed E-state index contributed by atoms with van der Waals surface area (Å²) in [6, 6.07) is 0. The second-order valence-corrected chi connectivity index (χ2v) is 5.96. The summed E-state index contributed by atoms with van der Waals surface area (Å²) >= 11 is 0. The van der Waals surface area contributed by atoms with E-state index < -0.39 is 23.7 Å². The summed E-state index contributed by atoms with van der Waals surface area (Å²) in [5.74, 6) is -1.07. The number of rotatable bonds is 2. The summed E-state index contributed by atoms with van der Waals surface area (Å²) < 4.78 is 48.8. The Morgan fingerprint density at radius 3 is 2.84 bits per heavy atom. The Labute approximate surface area is 139 Å². The van der Waals surface area contributed by atoms with Crippen LogP contribution in [-0.4, -0.2) is 50.7 Å². The van der Waals surface area contributed by atoms with Crippen molar-refractivity contribution in [3.05, 3.63) is 29.0 Å². The SMILES string of the molecule is O=C(c1n[nH]c(C(F)(F)F)n1)N1CCc2oc(C3CCOC3)nc2C1. The van der Waals surface area contributed by atoms with Crippen LogP contribution in [0.15, 0.2) is 4.42 Å². The zero-order chi connectivity index (χ0) is 17.6. The number of oxazole rings is 1. The van der Waals surface area contributed by atoms with Gasteiger partial charge in [-0.1, -0.05) is 0 Å². The molecular formula is C14H14F3N5O3. The minimum absolute atomic E-state index is 0.108. The highest BCUT2D eigenvalue weighted by Crippen LogP contribution is 2.29. The number of aromatic nitrogens is 4. The highest BCUT2D eigenvalue weighted by atomic mass is 19.4. The highest BCUT2D eigenvalue weighted by molar-refractivity contribution is 5.90. The number of H-pyrrole nitrogens is 1. The molecule has 2 aromatic rings. The average Bonchev–Trinajstić information content (AvgIpc) is 3.31. The van der Waals surface area contributed by atoms with E-state index in [0.29, 0.717) is 43.5 Å². The van der Waals surface area contributed by atoms with Crippen LogP contribution in [-0.2, 0) is 23.9 Å². The molecule has 2 aliphatic rings. The Bertz CT molecular complexity index is 794. The first-order chi connectivity index (χ1) is 11.9. The standard InChI is InChI=1S/C14H14F3N5O3/c15-14(16,17)13-19-10(20-21-13)12(23)22-3-1-9-8(5-22)18-11(25-9)7-2-4-24-6-7/h7H,1-6H2,(H,19,20,21). The number of carbonyl (C=O) groups is 1. The summed E-state index contributed by atoms with van der Waals surface area (Å²) in [5.41, 5.74) is 0.619. The van der Waals surface area contributed by atoms with Crippen LogP contribution in [0.2, 0.25) is 0 Å². The van der Waals surface area contributed by atoms with Gasteiger partial charge in [0.05, 0.1) is 19.1 Å². The van der Waals surface area contributed by atoms with E-state index in [-0.39, 0.29) is 12.5 Å². The number of hydrogen-bond acceptors (Lipinski definition) is 6. The van der Waals surface area contributed by atoms with Crippen molar-refractivity contribution in [3.8, 4) is 0 Å². The molecule has 4 heterocycles. The average molecular weight is 357 g/mol. The molecular weight excluding hydrogens is 343 g/mol. The second kappa shape index (κ2) is 5.83. The molecule has 1 N–H and O–H groups in total. The van der Waals surface area contributed by atoms with E-state index in [2.05, 4.69) is 15.1 Å². The molecule has 1 fully saturated rings. The van der Waals surface area contributed by atoms with Gasteiger partial charge in [0.15, 0.2) is 5.89 Å². The van der Waals surface area contributed by atoms with Gasteiger partial charge in [-0.2, -0.15) is 18.2 Å². The molecule has 0 aromatic carbocycles. The molecule has 25 heavy (non-hydrogen) atoms. The number of nitrogens with one attached hydrogen (secondary N) is 1. The van der Waals surface area contributed by atoms with E-state index in [1.807, 2.05) is 0 Å². The molecule has 4 rings (SSSR count). The molecule has 2 aromatic heterocycles. The van der Waals surface area contributed by atoms with Gasteiger partial charge >= 0.3 is 6.18 Å². The molecule has 1 saturated heterocycles. The Balaban J connectivity index is 1.50. The monoisotopic (exact) mass is 357 g/mol. The first-order valence-corrected chi connectivity index (χ1v) is 7.77. The maximum Gasteiger partial charge on any atom is 0.451 e. The van der Waals surface area contributed by atoms with E-state index in [0.717, 1.165) is 6.42 Å². The lowest BCUT2D eigenvalue weighted by molar-refractivity contribution is -0.144. The fourth-order valence-corrected chi connectivity index (χ4v) is 2.92. The van der Waals surface area contributed by atoms with Gasteiger partial charge in [0.1, 0.15) is 11.5 Å². The molecule has 0 aliphatic carbocycles. The molecule has 0 bridgehead atoms. The topological polar surface area (TPSA) is 97.1 Å². The van der Waals surface area contributed by atoms with Gasteiger partial charge in [-0.15, -0.1) is 5.10 Å². The molecule has 0 radical (unpaired) electrons. The number of ether oxygens (including phenoxy) is 1. The Morgan fingerprint density at radius 1 is 1.32 bits per heavy atom. The maximum absolute atomic E-state index is 12.6. The van der Waals surface area contributed by atoms with Gasteiger partial charge in [0.2, 0.25) is 11.6 Å². The van der Waals surface area contributed by atoms with E-state index in [1.54, 1.807) is 5.10 Å². The number of halogens is 3. The van der Waals surface area contributed by atoms with E-state index in [4.69, 9.17) is 9.15 Å². The van der Waals surface area contributed by atoms with Gasteiger partial charge in [-0.3, -0.25) is 9.89 Å². The predicted octanol–water partition coefficient (Wildman–Crippen LogP) is 1.51. The van der Waals surface area contributed by atoms with Crippen molar-refractivity contribution in [2.24, 2.45) is 0 Å². The molecule has 2 aliphatic heterocycles. The van der Waals surface area contributed by atoms with Crippen LogP contribution < -0.4 is 0 Å². The van der Waals surface area contributed by atoms with Gasteiger partial charge < -0.3 is 14.1 Å². The largest absolute Gasteiger partial charge is 0.451 e. The maximum atomic E-state index is 12.6. The number of aromatic amines is 1. The van der Waals surface area contributed by atoms with Crippen molar-refractivity contribution in [1.29, 1.82) is 0 Å². The number of alkyl halides is 3. The molecule has 11 heteroatoms. The zero-order valence-electron chi connectivity index (χ0n) is 13.0. The van der Waals surface area contributed by atoms with Crippen LogP contribution >= 0.6 is 0 Å². The van der Waals surface area contributed by atoms with Crippen molar-refractivity contribution in [2.75, 3.05) is 19.8 Å². The van der Waals surface area contributed by atoms with Crippen molar-refractivity contribution in [1.82, 2.24) is 25.1 Å². The van der Waals surface area contributed by atoms with Crippen LogP contribution in [0.4, 0.5) is 13.2 Å². The third-order valence-electron chi connectivity index (χ3n) is 4.26. The quantitative estimate of drug-likeness (QED) is 0.875. The van der Waals surface area contributed by atoms with Crippen molar-refractivity contribution < 1.29 is 27.1 Å². The van der Waals surface area contributed by atoms with E-state index in [1.165, 1.54) is 4.90 Å².